The minimum atomic E-state index is 1.38. The average molecular weight is 320 g/mol. The van der Waals surface area contributed by atoms with Crippen LogP contribution in [0.3, 0.4) is 0 Å². The summed E-state index contributed by atoms with van der Waals surface area (Å²) in [6, 6.07) is 4.48. The Bertz CT molecular complexity index is 445. The molecule has 2 rings (SSSR count). The number of fused-ring (bicyclic) bond motifs is 1. The molecular weight excluding hydrogens is 311 g/mol. The summed E-state index contributed by atoms with van der Waals surface area (Å²) in [5.74, 6) is 0. The molecule has 0 aliphatic rings. The summed E-state index contributed by atoms with van der Waals surface area (Å²) in [5, 5.41) is 3.55. The molecule has 13 heavy (non-hydrogen) atoms. The molecule has 0 saturated carbocycles. The van der Waals surface area contributed by atoms with Crippen molar-refractivity contribution < 1.29 is 0 Å². The zero-order chi connectivity index (χ0) is 9.42. The van der Waals surface area contributed by atoms with Crippen molar-refractivity contribution >= 4 is 55.8 Å². The van der Waals surface area contributed by atoms with Crippen molar-refractivity contribution in [3.8, 4) is 0 Å². The molecule has 0 radical (unpaired) electrons. The Morgan fingerprint density at radius 1 is 1.46 bits per heavy atom. The van der Waals surface area contributed by atoms with E-state index in [1.165, 1.54) is 24.1 Å². The van der Waals surface area contributed by atoms with E-state index in [-0.39, 0.29) is 0 Å². The summed E-state index contributed by atoms with van der Waals surface area (Å²) in [6.45, 7) is 2.21. The summed E-state index contributed by atoms with van der Waals surface area (Å²) in [4.78, 5) is 1.39. The van der Waals surface area contributed by atoms with E-state index in [4.69, 9.17) is 0 Å². The molecule has 0 amide bonds. The highest BCUT2D eigenvalue weighted by Gasteiger charge is 2.07. The van der Waals surface area contributed by atoms with Crippen LogP contribution in [0.15, 0.2) is 22.4 Å². The number of aryl methyl sites for hydroxylation is 1. The van der Waals surface area contributed by atoms with Crippen molar-refractivity contribution in [1.82, 2.24) is 0 Å². The fraction of sp³-hybridized carbons (Fsp3) is 0.200. The van der Waals surface area contributed by atoms with Crippen molar-refractivity contribution in [3.63, 3.8) is 0 Å². The molecular formula is C10H9IS2. The minimum Gasteiger partial charge on any atom is -0.144 e. The van der Waals surface area contributed by atoms with E-state index in [0.717, 1.165) is 0 Å². The van der Waals surface area contributed by atoms with Crippen LogP contribution in [-0.2, 0) is 0 Å². The van der Waals surface area contributed by atoms with Crippen LogP contribution >= 0.6 is 45.7 Å². The van der Waals surface area contributed by atoms with Gasteiger partial charge in [-0.1, -0.05) is 0 Å². The van der Waals surface area contributed by atoms with Gasteiger partial charge in [0.05, 0.1) is 0 Å². The highest BCUT2D eigenvalue weighted by atomic mass is 127. The van der Waals surface area contributed by atoms with Gasteiger partial charge in [0, 0.05) is 13.2 Å². The molecule has 0 N–H and O–H groups in total. The molecule has 1 heterocycles. The lowest BCUT2D eigenvalue weighted by molar-refractivity contribution is 1.36. The van der Waals surface area contributed by atoms with E-state index in [2.05, 4.69) is 53.3 Å². The van der Waals surface area contributed by atoms with Crippen molar-refractivity contribution in [2.75, 3.05) is 6.26 Å². The van der Waals surface area contributed by atoms with E-state index in [9.17, 15) is 0 Å². The van der Waals surface area contributed by atoms with Crippen LogP contribution in [-0.4, -0.2) is 6.26 Å². The number of halogens is 1. The molecule has 3 heteroatoms. The molecule has 0 spiro atoms. The standard InChI is InChI=1S/C10H9IS2/c1-6-9(11)8(12-2)5-7-3-4-13-10(6)7/h3-5H,1-2H3. The largest absolute Gasteiger partial charge is 0.144 e. The molecule has 0 fully saturated rings. The second-order valence-corrected chi connectivity index (χ2v) is 5.70. The molecule has 0 atom stereocenters. The lowest BCUT2D eigenvalue weighted by Crippen LogP contribution is -1.84. The van der Waals surface area contributed by atoms with Gasteiger partial charge < -0.3 is 0 Å². The van der Waals surface area contributed by atoms with Crippen LogP contribution in [0.1, 0.15) is 5.56 Å². The van der Waals surface area contributed by atoms with Gasteiger partial charge >= 0.3 is 0 Å². The van der Waals surface area contributed by atoms with E-state index in [1.54, 1.807) is 0 Å². The Hall–Kier alpha value is 0.260. The van der Waals surface area contributed by atoms with Gasteiger partial charge in [0.25, 0.3) is 0 Å². The van der Waals surface area contributed by atoms with Crippen LogP contribution in [0.2, 0.25) is 0 Å². The second kappa shape index (κ2) is 3.79. The lowest BCUT2D eigenvalue weighted by Gasteiger charge is -2.05. The molecule has 68 valence electrons. The van der Waals surface area contributed by atoms with Gasteiger partial charge in [-0.05, 0) is 64.2 Å². The Kier molecular flexibility index (Phi) is 2.86. The molecule has 0 saturated heterocycles. The summed E-state index contributed by atoms with van der Waals surface area (Å²) in [6.07, 6.45) is 2.13. The Morgan fingerprint density at radius 2 is 2.23 bits per heavy atom. The van der Waals surface area contributed by atoms with Crippen LogP contribution in [0.25, 0.3) is 10.1 Å². The third-order valence-electron chi connectivity index (χ3n) is 2.09. The molecule has 0 unspecified atom stereocenters. The molecule has 2 aromatic rings. The Balaban J connectivity index is 2.83. The highest BCUT2D eigenvalue weighted by molar-refractivity contribution is 14.1. The number of rotatable bonds is 1. The second-order valence-electron chi connectivity index (χ2n) is 2.86. The number of hydrogen-bond donors (Lipinski definition) is 0. The summed E-state index contributed by atoms with van der Waals surface area (Å²) < 4.78 is 2.84. The third kappa shape index (κ3) is 1.62. The molecule has 1 aromatic heterocycles. The molecule has 0 bridgehead atoms. The highest BCUT2D eigenvalue weighted by Crippen LogP contribution is 2.34. The van der Waals surface area contributed by atoms with E-state index >= 15 is 0 Å². The molecule has 1 aromatic carbocycles. The van der Waals surface area contributed by atoms with Crippen LogP contribution in [0.5, 0.6) is 0 Å². The zero-order valence-electron chi connectivity index (χ0n) is 7.43. The smallest absolute Gasteiger partial charge is 0.0383 e. The third-order valence-corrected chi connectivity index (χ3v) is 5.66. The van der Waals surface area contributed by atoms with E-state index in [0.29, 0.717) is 0 Å². The first-order chi connectivity index (χ1) is 6.24. The zero-order valence-corrected chi connectivity index (χ0v) is 11.2. The monoisotopic (exact) mass is 320 g/mol. The van der Waals surface area contributed by atoms with Gasteiger partial charge in [-0.2, -0.15) is 0 Å². The maximum atomic E-state index is 2.44. The minimum absolute atomic E-state index is 1.38. The Morgan fingerprint density at radius 3 is 2.92 bits per heavy atom. The fourth-order valence-corrected chi connectivity index (χ4v) is 4.11. The lowest BCUT2D eigenvalue weighted by atomic mass is 10.2. The molecule has 0 nitrogen and oxygen atoms in total. The number of thioether (sulfide) groups is 1. The summed E-state index contributed by atoms with van der Waals surface area (Å²) in [7, 11) is 0. The number of thiophene rings is 1. The first-order valence-electron chi connectivity index (χ1n) is 3.94. The van der Waals surface area contributed by atoms with E-state index < -0.39 is 0 Å². The van der Waals surface area contributed by atoms with Crippen LogP contribution in [0.4, 0.5) is 0 Å². The SMILES string of the molecule is CSc1cc2ccsc2c(C)c1I. The van der Waals surface area contributed by atoms with Gasteiger partial charge in [-0.3, -0.25) is 0 Å². The number of benzene rings is 1. The maximum absolute atomic E-state index is 2.44. The van der Waals surface area contributed by atoms with Gasteiger partial charge in [0.2, 0.25) is 0 Å². The maximum Gasteiger partial charge on any atom is 0.0383 e. The van der Waals surface area contributed by atoms with Crippen LogP contribution in [0, 0.1) is 10.5 Å². The van der Waals surface area contributed by atoms with E-state index in [1.807, 2.05) is 23.1 Å². The predicted octanol–water partition coefficient (Wildman–Crippen LogP) is 4.54. The van der Waals surface area contributed by atoms with Gasteiger partial charge in [-0.15, -0.1) is 23.1 Å². The van der Waals surface area contributed by atoms with Crippen molar-refractivity contribution in [3.05, 3.63) is 26.6 Å². The van der Waals surface area contributed by atoms with Crippen molar-refractivity contribution in [2.24, 2.45) is 0 Å². The first-order valence-corrected chi connectivity index (χ1v) is 7.12. The van der Waals surface area contributed by atoms with Crippen molar-refractivity contribution in [2.45, 2.75) is 11.8 Å². The topological polar surface area (TPSA) is 0 Å². The van der Waals surface area contributed by atoms with Crippen LogP contribution < -0.4 is 0 Å². The first kappa shape index (κ1) is 9.80. The fourth-order valence-electron chi connectivity index (χ4n) is 1.38. The number of hydrogen-bond acceptors (Lipinski definition) is 2. The van der Waals surface area contributed by atoms with Gasteiger partial charge in [0.15, 0.2) is 0 Å². The van der Waals surface area contributed by atoms with Gasteiger partial charge in [-0.25, -0.2) is 0 Å². The average Bonchev–Trinajstić information content (AvgIpc) is 2.59. The van der Waals surface area contributed by atoms with Gasteiger partial charge in [0.1, 0.15) is 0 Å². The summed E-state index contributed by atoms with van der Waals surface area (Å²) in [5.41, 5.74) is 1.43. The quantitative estimate of drug-likeness (QED) is 0.549. The normalized spacial score (nSPS) is 11.0. The summed E-state index contributed by atoms with van der Waals surface area (Å²) >= 11 is 6.09. The molecule has 0 aliphatic carbocycles. The molecule has 0 aliphatic heterocycles. The Labute approximate surface area is 99.9 Å². The predicted molar refractivity (Wildman–Crippen MR) is 71.1 cm³/mol. The van der Waals surface area contributed by atoms with Crippen molar-refractivity contribution in [1.29, 1.82) is 0 Å².